The third kappa shape index (κ3) is 6.99. The molecule has 1 aliphatic heterocycles. The van der Waals surface area contributed by atoms with Crippen molar-refractivity contribution in [2.45, 2.75) is 84.2 Å². The SMILES string of the molecule is CC(C)(C)C(=O)N[C@H](CC1CCCCC1)C(=O)Nc1cn(C(C(=O)N2CCCC2)c2ccccc2)cn1. The highest BCUT2D eigenvalue weighted by Gasteiger charge is 2.32. The van der Waals surface area contributed by atoms with Crippen molar-refractivity contribution in [3.63, 3.8) is 0 Å². The molecular weight excluding hydrogens is 466 g/mol. The zero-order valence-electron chi connectivity index (χ0n) is 22.4. The van der Waals surface area contributed by atoms with Crippen molar-refractivity contribution in [3.05, 3.63) is 48.4 Å². The highest BCUT2D eigenvalue weighted by molar-refractivity contribution is 5.97. The monoisotopic (exact) mass is 507 g/mol. The van der Waals surface area contributed by atoms with Crippen LogP contribution in [0.2, 0.25) is 0 Å². The molecule has 8 heteroatoms. The van der Waals surface area contributed by atoms with Crippen LogP contribution in [0.5, 0.6) is 0 Å². The van der Waals surface area contributed by atoms with E-state index >= 15 is 0 Å². The van der Waals surface area contributed by atoms with Crippen LogP contribution in [0, 0.1) is 11.3 Å². The molecule has 1 aromatic carbocycles. The molecule has 1 aromatic heterocycles. The number of imidazole rings is 1. The van der Waals surface area contributed by atoms with E-state index in [9.17, 15) is 14.4 Å². The number of likely N-dealkylation sites (tertiary alicyclic amines) is 1. The smallest absolute Gasteiger partial charge is 0.250 e. The van der Waals surface area contributed by atoms with E-state index in [4.69, 9.17) is 0 Å². The van der Waals surface area contributed by atoms with Gasteiger partial charge < -0.3 is 20.1 Å². The lowest BCUT2D eigenvalue weighted by Crippen LogP contribution is -2.48. The molecule has 200 valence electrons. The van der Waals surface area contributed by atoms with Crippen molar-refractivity contribution in [1.29, 1.82) is 0 Å². The number of carbonyl (C=O) groups is 3. The van der Waals surface area contributed by atoms with Crippen LogP contribution < -0.4 is 10.6 Å². The van der Waals surface area contributed by atoms with Gasteiger partial charge in [-0.2, -0.15) is 0 Å². The summed E-state index contributed by atoms with van der Waals surface area (Å²) < 4.78 is 1.77. The molecule has 37 heavy (non-hydrogen) atoms. The van der Waals surface area contributed by atoms with Gasteiger partial charge in [-0.25, -0.2) is 4.98 Å². The predicted octanol–water partition coefficient (Wildman–Crippen LogP) is 4.53. The maximum atomic E-state index is 13.5. The Morgan fingerprint density at radius 3 is 2.32 bits per heavy atom. The first-order valence-corrected chi connectivity index (χ1v) is 13.7. The third-order valence-corrected chi connectivity index (χ3v) is 7.51. The average Bonchev–Trinajstić information content (AvgIpc) is 3.57. The third-order valence-electron chi connectivity index (χ3n) is 7.51. The normalized spacial score (nSPS) is 18.3. The van der Waals surface area contributed by atoms with Crippen LogP contribution >= 0.6 is 0 Å². The fraction of sp³-hybridized carbons (Fsp3) is 0.586. The van der Waals surface area contributed by atoms with Gasteiger partial charge in [-0.15, -0.1) is 0 Å². The highest BCUT2D eigenvalue weighted by Crippen LogP contribution is 2.29. The summed E-state index contributed by atoms with van der Waals surface area (Å²) in [7, 11) is 0. The lowest BCUT2D eigenvalue weighted by atomic mass is 9.84. The van der Waals surface area contributed by atoms with E-state index in [1.54, 1.807) is 17.1 Å². The van der Waals surface area contributed by atoms with Crippen molar-refractivity contribution in [2.24, 2.45) is 11.3 Å². The van der Waals surface area contributed by atoms with E-state index in [1.807, 2.05) is 56.0 Å². The van der Waals surface area contributed by atoms with Gasteiger partial charge in [-0.3, -0.25) is 14.4 Å². The summed E-state index contributed by atoms with van der Waals surface area (Å²) in [5.41, 5.74) is 0.285. The minimum absolute atomic E-state index is 0.0339. The van der Waals surface area contributed by atoms with Crippen LogP contribution in [-0.2, 0) is 14.4 Å². The van der Waals surface area contributed by atoms with Crippen molar-refractivity contribution in [1.82, 2.24) is 19.8 Å². The molecule has 8 nitrogen and oxygen atoms in total. The Bertz CT molecular complexity index is 1060. The molecule has 3 amide bonds. The van der Waals surface area contributed by atoms with Gasteiger partial charge in [0.15, 0.2) is 5.82 Å². The summed E-state index contributed by atoms with van der Waals surface area (Å²) in [6.07, 6.45) is 11.7. The zero-order chi connectivity index (χ0) is 26.4. The number of carbonyl (C=O) groups excluding carboxylic acids is 3. The second kappa shape index (κ2) is 11.9. The zero-order valence-corrected chi connectivity index (χ0v) is 22.4. The van der Waals surface area contributed by atoms with Crippen LogP contribution in [0.25, 0.3) is 0 Å². The molecule has 2 aromatic rings. The summed E-state index contributed by atoms with van der Waals surface area (Å²) in [5.74, 6) is 0.415. The Hall–Kier alpha value is -3.16. The fourth-order valence-corrected chi connectivity index (χ4v) is 5.31. The lowest BCUT2D eigenvalue weighted by molar-refractivity contribution is -0.132. The molecule has 4 rings (SSSR count). The Morgan fingerprint density at radius 2 is 1.68 bits per heavy atom. The number of aromatic nitrogens is 2. The first-order valence-electron chi connectivity index (χ1n) is 13.7. The Labute approximate surface area is 220 Å². The maximum Gasteiger partial charge on any atom is 0.250 e. The van der Waals surface area contributed by atoms with Gasteiger partial charge >= 0.3 is 0 Å². The van der Waals surface area contributed by atoms with Crippen molar-refractivity contribution in [2.75, 3.05) is 18.4 Å². The highest BCUT2D eigenvalue weighted by atomic mass is 16.2. The van der Waals surface area contributed by atoms with Crippen LogP contribution in [0.1, 0.15) is 83.7 Å². The van der Waals surface area contributed by atoms with E-state index < -0.39 is 17.5 Å². The second-order valence-electron chi connectivity index (χ2n) is 11.6. The van der Waals surface area contributed by atoms with Gasteiger partial charge in [0.1, 0.15) is 12.1 Å². The predicted molar refractivity (Wildman–Crippen MR) is 144 cm³/mol. The van der Waals surface area contributed by atoms with Crippen LogP contribution in [0.15, 0.2) is 42.9 Å². The molecule has 2 aliphatic rings. The van der Waals surface area contributed by atoms with Gasteiger partial charge in [0.25, 0.3) is 0 Å². The number of anilines is 1. The van der Waals surface area contributed by atoms with E-state index in [1.165, 1.54) is 19.3 Å². The molecule has 1 unspecified atom stereocenters. The number of nitrogens with zero attached hydrogens (tertiary/aromatic N) is 3. The number of benzene rings is 1. The van der Waals surface area contributed by atoms with Gasteiger partial charge in [0.05, 0.1) is 6.33 Å². The summed E-state index contributed by atoms with van der Waals surface area (Å²) >= 11 is 0. The van der Waals surface area contributed by atoms with Crippen molar-refractivity contribution < 1.29 is 14.4 Å². The standard InChI is InChI=1S/C29H41N5O3/c1-29(2,3)28(37)31-23(18-21-12-6-4-7-13-21)26(35)32-24-19-34(20-30-24)25(22-14-8-5-9-15-22)27(36)33-16-10-11-17-33/h5,8-9,14-15,19-21,23,25H,4,6-7,10-13,16-18H2,1-3H3,(H,31,37)(H,32,35)/t23-,25?/m1/s1. The first-order chi connectivity index (χ1) is 17.7. The fourth-order valence-electron chi connectivity index (χ4n) is 5.31. The first kappa shape index (κ1) is 26.9. The molecule has 2 N–H and O–H groups in total. The molecule has 1 saturated heterocycles. The molecule has 0 bridgehead atoms. The molecule has 2 atom stereocenters. The lowest BCUT2D eigenvalue weighted by Gasteiger charge is -2.28. The summed E-state index contributed by atoms with van der Waals surface area (Å²) in [5, 5.41) is 5.90. The number of rotatable bonds is 8. The summed E-state index contributed by atoms with van der Waals surface area (Å²) in [4.78, 5) is 45.9. The quantitative estimate of drug-likeness (QED) is 0.549. The minimum Gasteiger partial charge on any atom is -0.344 e. The van der Waals surface area contributed by atoms with Crippen LogP contribution in [-0.4, -0.2) is 51.3 Å². The second-order valence-corrected chi connectivity index (χ2v) is 11.6. The molecule has 0 spiro atoms. The van der Waals surface area contributed by atoms with E-state index in [0.29, 0.717) is 18.2 Å². The Balaban J connectivity index is 1.51. The van der Waals surface area contributed by atoms with Crippen molar-refractivity contribution in [3.8, 4) is 0 Å². The molecule has 2 fully saturated rings. The minimum atomic E-state index is -0.629. The van der Waals surface area contributed by atoms with Gasteiger partial charge in [0.2, 0.25) is 17.7 Å². The van der Waals surface area contributed by atoms with Crippen molar-refractivity contribution >= 4 is 23.5 Å². The Morgan fingerprint density at radius 1 is 1.00 bits per heavy atom. The largest absolute Gasteiger partial charge is 0.344 e. The average molecular weight is 508 g/mol. The van der Waals surface area contributed by atoms with Crippen LogP contribution in [0.3, 0.4) is 0 Å². The summed E-state index contributed by atoms with van der Waals surface area (Å²) in [6.45, 7) is 7.07. The molecule has 1 saturated carbocycles. The number of amides is 3. The number of nitrogens with one attached hydrogen (secondary N) is 2. The van der Waals surface area contributed by atoms with E-state index in [0.717, 1.165) is 44.3 Å². The van der Waals surface area contributed by atoms with E-state index in [2.05, 4.69) is 15.6 Å². The molecular formula is C29H41N5O3. The van der Waals surface area contributed by atoms with Crippen LogP contribution in [0.4, 0.5) is 5.82 Å². The number of hydrogen-bond acceptors (Lipinski definition) is 4. The topological polar surface area (TPSA) is 96.3 Å². The molecule has 1 aliphatic carbocycles. The maximum absolute atomic E-state index is 13.5. The van der Waals surface area contributed by atoms with Gasteiger partial charge in [-0.1, -0.05) is 83.2 Å². The molecule has 2 heterocycles. The van der Waals surface area contributed by atoms with Gasteiger partial charge in [0, 0.05) is 24.7 Å². The number of hydrogen-bond donors (Lipinski definition) is 2. The van der Waals surface area contributed by atoms with E-state index in [-0.39, 0.29) is 17.7 Å². The van der Waals surface area contributed by atoms with Gasteiger partial charge in [-0.05, 0) is 30.7 Å². The summed E-state index contributed by atoms with van der Waals surface area (Å²) in [6, 6.07) is 8.49. The Kier molecular flexibility index (Phi) is 8.67. The molecule has 0 radical (unpaired) electrons.